The van der Waals surface area contributed by atoms with Crippen LogP contribution in [0.3, 0.4) is 0 Å². The van der Waals surface area contributed by atoms with Gasteiger partial charge in [-0.05, 0) is 81.4 Å². The second kappa shape index (κ2) is 7.49. The van der Waals surface area contributed by atoms with Gasteiger partial charge in [0.05, 0.1) is 10.1 Å². The number of carbonyl (C=O) groups excluding carboxylic acids is 1. The standard InChI is InChI=1S/C22H29N3O4S2/c1-13(20(26)24-22-10-14-6-15(11-22)8-16(7-14)12-22)30-21-23-18-9-17(4-5-19(18)29-21)31(27,28)25(2)3/h4-5,9,13-16H,6-8,10-12H2,1-3H3,(H,24,26)/t13-,14?,15?,16?,22?/m1/s1. The van der Waals surface area contributed by atoms with Crippen molar-refractivity contribution in [2.75, 3.05) is 14.1 Å². The summed E-state index contributed by atoms with van der Waals surface area (Å²) in [6, 6.07) is 4.64. The molecule has 4 aliphatic carbocycles. The van der Waals surface area contributed by atoms with Gasteiger partial charge in [0.15, 0.2) is 5.58 Å². The second-order valence-electron chi connectivity index (χ2n) is 9.84. The summed E-state index contributed by atoms with van der Waals surface area (Å²) >= 11 is 1.28. The summed E-state index contributed by atoms with van der Waals surface area (Å²) in [7, 11) is -0.554. The van der Waals surface area contributed by atoms with Gasteiger partial charge < -0.3 is 9.73 Å². The third kappa shape index (κ3) is 3.89. The van der Waals surface area contributed by atoms with E-state index in [1.54, 1.807) is 6.07 Å². The molecule has 0 aliphatic heterocycles. The highest BCUT2D eigenvalue weighted by molar-refractivity contribution is 8.00. The number of nitrogens with one attached hydrogen (secondary N) is 1. The Morgan fingerprint density at radius 3 is 2.39 bits per heavy atom. The molecule has 6 rings (SSSR count). The van der Waals surface area contributed by atoms with Crippen molar-refractivity contribution in [2.24, 2.45) is 17.8 Å². The zero-order valence-corrected chi connectivity index (χ0v) is 19.8. The van der Waals surface area contributed by atoms with Gasteiger partial charge in [-0.25, -0.2) is 17.7 Å². The molecule has 1 aromatic carbocycles. The molecular weight excluding hydrogens is 434 g/mol. The summed E-state index contributed by atoms with van der Waals surface area (Å²) in [5.74, 6) is 2.36. The predicted octanol–water partition coefficient (Wildman–Crippen LogP) is 3.64. The Hall–Kier alpha value is -1.58. The first kappa shape index (κ1) is 21.3. The maximum Gasteiger partial charge on any atom is 0.257 e. The Kier molecular flexibility index (Phi) is 5.14. The summed E-state index contributed by atoms with van der Waals surface area (Å²) in [5.41, 5.74) is 0.963. The van der Waals surface area contributed by atoms with E-state index in [2.05, 4.69) is 10.3 Å². The van der Waals surface area contributed by atoms with Crippen molar-refractivity contribution in [3.63, 3.8) is 0 Å². The van der Waals surface area contributed by atoms with Gasteiger partial charge in [-0.3, -0.25) is 4.79 Å². The molecule has 31 heavy (non-hydrogen) atoms. The molecule has 4 bridgehead atoms. The molecule has 1 amide bonds. The summed E-state index contributed by atoms with van der Waals surface area (Å²) < 4.78 is 31.7. The monoisotopic (exact) mass is 463 g/mol. The van der Waals surface area contributed by atoms with Crippen molar-refractivity contribution in [2.45, 2.75) is 66.4 Å². The topological polar surface area (TPSA) is 92.5 Å². The Labute approximate surface area is 187 Å². The van der Waals surface area contributed by atoms with E-state index in [-0.39, 0.29) is 21.6 Å². The number of sulfonamides is 1. The van der Waals surface area contributed by atoms with E-state index >= 15 is 0 Å². The molecule has 9 heteroatoms. The molecule has 0 unspecified atom stereocenters. The van der Waals surface area contributed by atoms with Gasteiger partial charge in [0.1, 0.15) is 5.52 Å². The van der Waals surface area contributed by atoms with Crippen molar-refractivity contribution < 1.29 is 17.6 Å². The SMILES string of the molecule is C[C@@H](Sc1nc2cc(S(=O)(=O)N(C)C)ccc2o1)C(=O)NC12CC3CC(CC(C3)C1)C2. The van der Waals surface area contributed by atoms with Crippen molar-refractivity contribution in [3.05, 3.63) is 18.2 Å². The molecule has 1 heterocycles. The van der Waals surface area contributed by atoms with Crippen molar-refractivity contribution in [1.29, 1.82) is 0 Å². The molecule has 0 spiro atoms. The molecule has 1 N–H and O–H groups in total. The highest BCUT2D eigenvalue weighted by Gasteiger charge is 2.51. The average Bonchev–Trinajstić information content (AvgIpc) is 3.07. The van der Waals surface area contributed by atoms with E-state index in [1.807, 2.05) is 6.92 Å². The lowest BCUT2D eigenvalue weighted by atomic mass is 9.53. The van der Waals surface area contributed by atoms with Crippen molar-refractivity contribution in [3.8, 4) is 0 Å². The van der Waals surface area contributed by atoms with Gasteiger partial charge in [0, 0.05) is 19.6 Å². The first-order chi connectivity index (χ1) is 14.6. The fraction of sp³-hybridized carbons (Fsp3) is 0.636. The van der Waals surface area contributed by atoms with E-state index in [1.165, 1.54) is 61.6 Å². The van der Waals surface area contributed by atoms with Crippen LogP contribution >= 0.6 is 11.8 Å². The van der Waals surface area contributed by atoms with Crippen LogP contribution in [-0.2, 0) is 14.8 Å². The summed E-state index contributed by atoms with van der Waals surface area (Å²) in [4.78, 5) is 17.6. The van der Waals surface area contributed by atoms with Crippen LogP contribution in [0.15, 0.2) is 32.7 Å². The highest BCUT2D eigenvalue weighted by Crippen LogP contribution is 2.55. The molecule has 2 aromatic rings. The molecule has 168 valence electrons. The van der Waals surface area contributed by atoms with Gasteiger partial charge in [-0.15, -0.1) is 0 Å². The largest absolute Gasteiger partial charge is 0.431 e. The summed E-state index contributed by atoms with van der Waals surface area (Å²) in [5, 5.41) is 3.44. The lowest BCUT2D eigenvalue weighted by Crippen LogP contribution is -2.60. The van der Waals surface area contributed by atoms with Crippen LogP contribution in [-0.4, -0.2) is 48.5 Å². The number of fused-ring (bicyclic) bond motifs is 1. The average molecular weight is 464 g/mol. The number of benzene rings is 1. The second-order valence-corrected chi connectivity index (χ2v) is 13.3. The molecule has 7 nitrogen and oxygen atoms in total. The fourth-order valence-electron chi connectivity index (χ4n) is 6.14. The van der Waals surface area contributed by atoms with Crippen molar-refractivity contribution in [1.82, 2.24) is 14.6 Å². The van der Waals surface area contributed by atoms with Crippen LogP contribution in [0.1, 0.15) is 45.4 Å². The molecular formula is C22H29N3O4S2. The zero-order valence-electron chi connectivity index (χ0n) is 18.1. The number of rotatable bonds is 6. The molecule has 0 saturated heterocycles. The minimum absolute atomic E-state index is 0.0165. The fourth-order valence-corrected chi connectivity index (χ4v) is 7.82. The van der Waals surface area contributed by atoms with Crippen LogP contribution < -0.4 is 5.32 Å². The number of oxazole rings is 1. The number of aromatic nitrogens is 1. The van der Waals surface area contributed by atoms with E-state index in [0.717, 1.165) is 37.0 Å². The molecule has 1 atom stereocenters. The number of amides is 1. The maximum absolute atomic E-state index is 13.0. The number of nitrogens with zero attached hydrogens (tertiary/aromatic N) is 2. The number of hydrogen-bond donors (Lipinski definition) is 1. The molecule has 4 fully saturated rings. The van der Waals surface area contributed by atoms with Gasteiger partial charge >= 0.3 is 0 Å². The highest BCUT2D eigenvalue weighted by atomic mass is 32.2. The van der Waals surface area contributed by atoms with E-state index < -0.39 is 10.0 Å². The molecule has 4 aliphatic rings. The number of hydrogen-bond acceptors (Lipinski definition) is 6. The Morgan fingerprint density at radius 2 is 1.81 bits per heavy atom. The summed E-state index contributed by atoms with van der Waals surface area (Å²) in [6.07, 6.45) is 7.38. The maximum atomic E-state index is 13.0. The van der Waals surface area contributed by atoms with Crippen LogP contribution in [0.4, 0.5) is 0 Å². The quantitative estimate of drug-likeness (QED) is 0.658. The third-order valence-corrected chi connectivity index (χ3v) is 9.95. The summed E-state index contributed by atoms with van der Waals surface area (Å²) in [6.45, 7) is 1.87. The lowest BCUT2D eigenvalue weighted by Gasteiger charge is -2.57. The Morgan fingerprint density at radius 1 is 1.19 bits per heavy atom. The first-order valence-corrected chi connectivity index (χ1v) is 13.3. The van der Waals surface area contributed by atoms with Crippen LogP contribution in [0.5, 0.6) is 0 Å². The van der Waals surface area contributed by atoms with Crippen LogP contribution in [0.2, 0.25) is 0 Å². The molecule has 4 saturated carbocycles. The number of carbonyl (C=O) groups is 1. The van der Waals surface area contributed by atoms with Crippen molar-refractivity contribution >= 4 is 38.8 Å². The minimum Gasteiger partial charge on any atom is -0.431 e. The van der Waals surface area contributed by atoms with Gasteiger partial charge in [0.2, 0.25) is 15.9 Å². The third-order valence-electron chi connectivity index (χ3n) is 7.19. The van der Waals surface area contributed by atoms with Gasteiger partial charge in [0.25, 0.3) is 5.22 Å². The lowest BCUT2D eigenvalue weighted by molar-refractivity contribution is -0.126. The molecule has 1 aromatic heterocycles. The van der Waals surface area contributed by atoms with E-state index in [4.69, 9.17) is 4.42 Å². The predicted molar refractivity (Wildman–Crippen MR) is 119 cm³/mol. The van der Waals surface area contributed by atoms with E-state index in [9.17, 15) is 13.2 Å². The van der Waals surface area contributed by atoms with Gasteiger partial charge in [-0.1, -0.05) is 11.8 Å². The zero-order chi connectivity index (χ0) is 22.0. The molecule has 0 radical (unpaired) electrons. The smallest absolute Gasteiger partial charge is 0.257 e. The Balaban J connectivity index is 1.29. The Bertz CT molecular complexity index is 1090. The van der Waals surface area contributed by atoms with E-state index in [0.29, 0.717) is 16.3 Å². The number of thioether (sulfide) groups is 1. The normalized spacial score (nSPS) is 30.8. The van der Waals surface area contributed by atoms with Crippen LogP contribution in [0, 0.1) is 17.8 Å². The van der Waals surface area contributed by atoms with Crippen LogP contribution in [0.25, 0.3) is 11.1 Å². The first-order valence-electron chi connectivity index (χ1n) is 11.0. The van der Waals surface area contributed by atoms with Gasteiger partial charge in [-0.2, -0.15) is 0 Å². The minimum atomic E-state index is -3.54.